The molecule has 2 aromatic carbocycles. The van der Waals surface area contributed by atoms with Gasteiger partial charge in [-0.2, -0.15) is 0 Å². The van der Waals surface area contributed by atoms with Crippen molar-refractivity contribution in [1.82, 2.24) is 0 Å². The Bertz CT molecular complexity index is 1000. The van der Waals surface area contributed by atoms with Crippen LogP contribution in [0.5, 0.6) is 11.5 Å². The van der Waals surface area contributed by atoms with Crippen molar-refractivity contribution in [1.29, 1.82) is 0 Å². The molecule has 2 aromatic rings. The molecule has 1 amide bonds. The summed E-state index contributed by atoms with van der Waals surface area (Å²) in [5, 5.41) is 13.4. The van der Waals surface area contributed by atoms with E-state index >= 15 is 0 Å². The normalized spacial score (nSPS) is 13.2. The predicted molar refractivity (Wildman–Crippen MR) is 91.0 cm³/mol. The van der Waals surface area contributed by atoms with E-state index in [2.05, 4.69) is 10.0 Å². The summed E-state index contributed by atoms with van der Waals surface area (Å²) in [7, 11) is -2.79. The summed E-state index contributed by atoms with van der Waals surface area (Å²) in [4.78, 5) is 21.5. The van der Waals surface area contributed by atoms with Crippen molar-refractivity contribution < 1.29 is 27.6 Å². The fourth-order valence-electron chi connectivity index (χ4n) is 2.32. The fraction of sp³-hybridized carbons (Fsp3) is 0.133. The molecular formula is C15H13N3O7S. The maximum absolute atomic E-state index is 12.6. The third-order valence-corrected chi connectivity index (χ3v) is 4.90. The Morgan fingerprint density at radius 3 is 2.73 bits per heavy atom. The average Bonchev–Trinajstić information content (AvgIpc) is 2.60. The van der Waals surface area contributed by atoms with Crippen LogP contribution in [0.4, 0.5) is 17.1 Å². The zero-order valence-electron chi connectivity index (χ0n) is 13.4. The zero-order valence-corrected chi connectivity index (χ0v) is 14.2. The number of rotatable bonds is 5. The lowest BCUT2D eigenvalue weighted by Crippen LogP contribution is -2.25. The number of benzene rings is 2. The molecule has 0 fully saturated rings. The molecule has 0 bridgehead atoms. The Morgan fingerprint density at radius 2 is 2.04 bits per heavy atom. The van der Waals surface area contributed by atoms with Crippen LogP contribution < -0.4 is 19.5 Å². The molecule has 3 rings (SSSR count). The van der Waals surface area contributed by atoms with Crippen molar-refractivity contribution in [3.05, 3.63) is 46.5 Å². The standard InChI is InChI=1S/C15H13N3O7S/c1-24-13-4-2-9(18(20)21)6-12(13)17-26(22,23)10-3-5-14-11(7-10)16-15(19)8-25-14/h2-7,17H,8H2,1H3,(H,16,19). The summed E-state index contributed by atoms with van der Waals surface area (Å²) in [5.41, 5.74) is -0.163. The van der Waals surface area contributed by atoms with Crippen LogP contribution in [0, 0.1) is 10.1 Å². The van der Waals surface area contributed by atoms with Gasteiger partial charge in [-0.05, 0) is 24.3 Å². The number of hydrogen-bond acceptors (Lipinski definition) is 7. The number of nitro groups is 1. The van der Waals surface area contributed by atoms with Crippen LogP contribution in [-0.4, -0.2) is 33.0 Å². The molecule has 0 atom stereocenters. The number of fused-ring (bicyclic) bond motifs is 1. The molecular weight excluding hydrogens is 366 g/mol. The second kappa shape index (κ2) is 6.52. The third-order valence-electron chi connectivity index (χ3n) is 3.53. The first-order chi connectivity index (χ1) is 12.3. The summed E-state index contributed by atoms with van der Waals surface area (Å²) in [6, 6.07) is 7.48. The summed E-state index contributed by atoms with van der Waals surface area (Å²) >= 11 is 0. The van der Waals surface area contributed by atoms with Gasteiger partial charge in [-0.25, -0.2) is 8.42 Å². The number of hydrogen-bond donors (Lipinski definition) is 2. The molecule has 136 valence electrons. The second-order valence-electron chi connectivity index (χ2n) is 5.24. The number of nitrogens with one attached hydrogen (secondary N) is 2. The molecule has 10 nitrogen and oxygen atoms in total. The molecule has 0 unspecified atom stereocenters. The smallest absolute Gasteiger partial charge is 0.271 e. The zero-order chi connectivity index (χ0) is 18.9. The number of carbonyl (C=O) groups excluding carboxylic acids is 1. The quantitative estimate of drug-likeness (QED) is 0.596. The number of nitrogens with zero attached hydrogens (tertiary/aromatic N) is 1. The highest BCUT2D eigenvalue weighted by Gasteiger charge is 2.23. The number of ether oxygens (including phenoxy) is 2. The number of amides is 1. The van der Waals surface area contributed by atoms with Crippen molar-refractivity contribution in [3.8, 4) is 11.5 Å². The van der Waals surface area contributed by atoms with E-state index < -0.39 is 20.9 Å². The van der Waals surface area contributed by atoms with Gasteiger partial charge in [0.15, 0.2) is 6.61 Å². The van der Waals surface area contributed by atoms with Crippen molar-refractivity contribution in [2.24, 2.45) is 0 Å². The maximum Gasteiger partial charge on any atom is 0.271 e. The first-order valence-corrected chi connectivity index (χ1v) is 8.70. The van der Waals surface area contributed by atoms with Crippen molar-refractivity contribution >= 4 is 33.0 Å². The molecule has 0 aromatic heterocycles. The van der Waals surface area contributed by atoms with E-state index in [0.717, 1.165) is 6.07 Å². The number of nitro benzene ring substituents is 1. The van der Waals surface area contributed by atoms with Gasteiger partial charge in [-0.1, -0.05) is 0 Å². The van der Waals surface area contributed by atoms with Gasteiger partial charge in [0.05, 0.1) is 28.3 Å². The summed E-state index contributed by atoms with van der Waals surface area (Å²) in [6.45, 7) is -0.151. The van der Waals surface area contributed by atoms with Gasteiger partial charge < -0.3 is 14.8 Å². The van der Waals surface area contributed by atoms with Crippen molar-refractivity contribution in [2.75, 3.05) is 23.8 Å². The third kappa shape index (κ3) is 3.37. The first kappa shape index (κ1) is 17.5. The molecule has 0 spiro atoms. The molecule has 2 N–H and O–H groups in total. The molecule has 0 saturated carbocycles. The largest absolute Gasteiger partial charge is 0.495 e. The van der Waals surface area contributed by atoms with Crippen molar-refractivity contribution in [3.63, 3.8) is 0 Å². The van der Waals surface area contributed by atoms with Gasteiger partial charge in [0.25, 0.3) is 21.6 Å². The fourth-order valence-corrected chi connectivity index (χ4v) is 3.41. The number of carbonyl (C=O) groups is 1. The minimum absolute atomic E-state index is 0.0836. The molecule has 1 heterocycles. The molecule has 11 heteroatoms. The van der Waals surface area contributed by atoms with E-state index in [1.54, 1.807) is 0 Å². The van der Waals surface area contributed by atoms with Crippen LogP contribution in [0.25, 0.3) is 0 Å². The van der Waals surface area contributed by atoms with Crippen molar-refractivity contribution in [2.45, 2.75) is 4.90 Å². The summed E-state index contributed by atoms with van der Waals surface area (Å²) in [6.07, 6.45) is 0. The van der Waals surface area contributed by atoms with Crippen LogP contribution >= 0.6 is 0 Å². The highest BCUT2D eigenvalue weighted by molar-refractivity contribution is 7.92. The number of methoxy groups -OCH3 is 1. The first-order valence-electron chi connectivity index (χ1n) is 7.22. The monoisotopic (exact) mass is 379 g/mol. The summed E-state index contributed by atoms with van der Waals surface area (Å²) < 4.78 is 37.7. The molecule has 0 radical (unpaired) electrons. The van der Waals surface area contributed by atoms with E-state index in [0.29, 0.717) is 5.75 Å². The van der Waals surface area contributed by atoms with E-state index in [4.69, 9.17) is 9.47 Å². The summed E-state index contributed by atoms with van der Waals surface area (Å²) in [5.74, 6) is 0.0608. The van der Waals surface area contributed by atoms with Gasteiger partial charge >= 0.3 is 0 Å². The van der Waals surface area contributed by atoms with Gasteiger partial charge in [-0.15, -0.1) is 0 Å². The minimum atomic E-state index is -4.10. The lowest BCUT2D eigenvalue weighted by molar-refractivity contribution is -0.384. The molecule has 1 aliphatic rings. The van der Waals surface area contributed by atoms with Gasteiger partial charge in [0.2, 0.25) is 0 Å². The number of non-ortho nitro benzene ring substituents is 1. The Balaban J connectivity index is 1.97. The van der Waals surface area contributed by atoms with E-state index in [9.17, 15) is 23.3 Å². The predicted octanol–water partition coefficient (Wildman–Crippen LogP) is 1.74. The Labute approximate surface area is 147 Å². The number of sulfonamides is 1. The molecule has 0 aliphatic carbocycles. The Kier molecular flexibility index (Phi) is 4.38. The SMILES string of the molecule is COc1ccc([N+](=O)[O-])cc1NS(=O)(=O)c1ccc2c(c1)NC(=O)CO2. The minimum Gasteiger partial charge on any atom is -0.495 e. The second-order valence-corrected chi connectivity index (χ2v) is 6.92. The average molecular weight is 379 g/mol. The molecule has 0 saturated heterocycles. The van der Waals surface area contributed by atoms with Crippen LogP contribution in [0.1, 0.15) is 0 Å². The maximum atomic E-state index is 12.6. The van der Waals surface area contributed by atoms with E-state index in [-0.39, 0.29) is 34.3 Å². The van der Waals surface area contributed by atoms with Crippen LogP contribution in [0.2, 0.25) is 0 Å². The van der Waals surface area contributed by atoms with Crippen LogP contribution in [0.3, 0.4) is 0 Å². The van der Waals surface area contributed by atoms with Crippen LogP contribution in [0.15, 0.2) is 41.3 Å². The van der Waals surface area contributed by atoms with E-state index in [1.807, 2.05) is 0 Å². The lowest BCUT2D eigenvalue weighted by atomic mass is 10.2. The molecule has 1 aliphatic heterocycles. The van der Waals surface area contributed by atoms with E-state index in [1.165, 1.54) is 37.4 Å². The Morgan fingerprint density at radius 1 is 1.27 bits per heavy atom. The number of anilines is 2. The van der Waals surface area contributed by atoms with Gasteiger partial charge in [-0.3, -0.25) is 19.6 Å². The lowest BCUT2D eigenvalue weighted by Gasteiger charge is -2.19. The highest BCUT2D eigenvalue weighted by Crippen LogP contribution is 2.33. The van der Waals surface area contributed by atoms with Gasteiger partial charge in [0.1, 0.15) is 11.5 Å². The molecule has 26 heavy (non-hydrogen) atoms. The highest BCUT2D eigenvalue weighted by atomic mass is 32.2. The van der Waals surface area contributed by atoms with Crippen LogP contribution in [-0.2, 0) is 14.8 Å². The van der Waals surface area contributed by atoms with Gasteiger partial charge in [0, 0.05) is 12.1 Å². The Hall–Kier alpha value is -3.34. The topological polar surface area (TPSA) is 137 Å².